The van der Waals surface area contributed by atoms with Crippen LogP contribution in [0.3, 0.4) is 0 Å². The number of thiophene rings is 1. The fourth-order valence-corrected chi connectivity index (χ4v) is 4.71. The lowest BCUT2D eigenvalue weighted by atomic mass is 10.2. The fraction of sp³-hybridized carbons (Fsp3) is 0.400. The highest BCUT2D eigenvalue weighted by molar-refractivity contribution is 7.13. The van der Waals surface area contributed by atoms with E-state index in [2.05, 4.69) is 39.4 Å². The van der Waals surface area contributed by atoms with Gasteiger partial charge in [0.25, 0.3) is 5.91 Å². The molecule has 1 N–H and O–H groups in total. The Kier molecular flexibility index (Phi) is 6.26. The van der Waals surface area contributed by atoms with Gasteiger partial charge in [0, 0.05) is 47.7 Å². The molecule has 3 aromatic heterocycles. The summed E-state index contributed by atoms with van der Waals surface area (Å²) in [6, 6.07) is 1.95. The minimum atomic E-state index is -0.0732. The Morgan fingerprint density at radius 3 is 3.00 bits per heavy atom. The topological polar surface area (TPSA) is 75.9 Å². The van der Waals surface area contributed by atoms with E-state index < -0.39 is 0 Å². The minimum Gasteiger partial charge on any atom is -0.367 e. The average Bonchev–Trinajstić information content (AvgIpc) is 3.44. The molecular weight excluding hydrogens is 443 g/mol. The van der Waals surface area contributed by atoms with Crippen LogP contribution in [0.1, 0.15) is 30.6 Å². The zero-order valence-electron chi connectivity index (χ0n) is 16.7. The van der Waals surface area contributed by atoms with Gasteiger partial charge >= 0.3 is 0 Å². The molecule has 7 nitrogen and oxygen atoms in total. The van der Waals surface area contributed by atoms with Crippen molar-refractivity contribution < 1.29 is 4.79 Å². The lowest BCUT2D eigenvalue weighted by molar-refractivity contribution is 0.0941. The molecule has 4 heterocycles. The monoisotopic (exact) mass is 464 g/mol. The molecule has 1 aliphatic heterocycles. The largest absolute Gasteiger partial charge is 0.367 e. The van der Waals surface area contributed by atoms with Gasteiger partial charge in [-0.25, -0.2) is 0 Å². The summed E-state index contributed by atoms with van der Waals surface area (Å²) in [5.41, 5.74) is 2.44. The number of carbonyl (C=O) groups is 1. The molecule has 4 rings (SSSR count). The summed E-state index contributed by atoms with van der Waals surface area (Å²) in [5, 5.41) is 17.6. The Morgan fingerprint density at radius 2 is 2.20 bits per heavy atom. The molecule has 0 aliphatic carbocycles. The third kappa shape index (κ3) is 4.61. The van der Waals surface area contributed by atoms with E-state index in [4.69, 9.17) is 23.2 Å². The van der Waals surface area contributed by atoms with E-state index in [9.17, 15) is 4.79 Å². The highest BCUT2D eigenvalue weighted by Crippen LogP contribution is 2.32. The molecule has 1 fully saturated rings. The van der Waals surface area contributed by atoms with Gasteiger partial charge in [-0.15, -0.1) is 16.4 Å². The number of aromatic nitrogens is 4. The number of nitrogens with zero attached hydrogens (tertiary/aromatic N) is 5. The Balaban J connectivity index is 1.38. The predicted molar refractivity (Wildman–Crippen MR) is 121 cm³/mol. The summed E-state index contributed by atoms with van der Waals surface area (Å²) in [7, 11) is 0. The van der Waals surface area contributed by atoms with E-state index in [1.165, 1.54) is 0 Å². The zero-order valence-corrected chi connectivity index (χ0v) is 19.0. The molecule has 0 spiro atoms. The number of halogens is 2. The number of rotatable bonds is 6. The number of anilines is 1. The number of amides is 1. The van der Waals surface area contributed by atoms with Crippen molar-refractivity contribution >= 4 is 46.1 Å². The molecule has 0 aromatic carbocycles. The number of hydrogen-bond donors (Lipinski definition) is 1. The quantitative estimate of drug-likeness (QED) is 0.585. The molecule has 1 amide bonds. The molecule has 0 bridgehead atoms. The molecule has 0 unspecified atom stereocenters. The SMILES string of the molecule is CC(C)Cn1cc(-c2cc(C(=O)N[C@@H]3CCN(c4cnnc(Cl)c4Cl)C3)cs2)cn1. The first kappa shape index (κ1) is 21.1. The summed E-state index contributed by atoms with van der Waals surface area (Å²) in [4.78, 5) is 15.8. The Morgan fingerprint density at radius 1 is 1.37 bits per heavy atom. The maximum absolute atomic E-state index is 12.7. The van der Waals surface area contributed by atoms with Gasteiger partial charge < -0.3 is 10.2 Å². The van der Waals surface area contributed by atoms with Gasteiger partial charge in [0.2, 0.25) is 0 Å². The number of hydrogen-bond acceptors (Lipinski definition) is 6. The van der Waals surface area contributed by atoms with Crippen molar-refractivity contribution in [1.29, 1.82) is 0 Å². The first-order valence-electron chi connectivity index (χ1n) is 9.74. The van der Waals surface area contributed by atoms with Crippen molar-refractivity contribution in [1.82, 2.24) is 25.3 Å². The second-order valence-corrected chi connectivity index (χ2v) is 9.43. The summed E-state index contributed by atoms with van der Waals surface area (Å²) in [6.07, 6.45) is 6.30. The van der Waals surface area contributed by atoms with Gasteiger partial charge in [-0.1, -0.05) is 37.0 Å². The van der Waals surface area contributed by atoms with Gasteiger partial charge in [-0.05, 0) is 18.4 Å². The summed E-state index contributed by atoms with van der Waals surface area (Å²) in [6.45, 7) is 6.60. The molecule has 158 valence electrons. The van der Waals surface area contributed by atoms with Crippen LogP contribution in [0.2, 0.25) is 10.2 Å². The molecule has 0 radical (unpaired) electrons. The van der Waals surface area contributed by atoms with Gasteiger partial charge in [0.15, 0.2) is 5.15 Å². The standard InChI is InChI=1S/C20H22Cl2N6OS/c1-12(2)8-28-9-14(6-24-28)17-5-13(11-30-17)20(29)25-15-3-4-27(10-15)16-7-23-26-19(22)18(16)21/h5-7,9,11-12,15H,3-4,8,10H2,1-2H3,(H,25,29)/t15-/m1/s1. The smallest absolute Gasteiger partial charge is 0.252 e. The van der Waals surface area contributed by atoms with Crippen LogP contribution in [-0.2, 0) is 6.54 Å². The Bertz CT molecular complexity index is 1050. The van der Waals surface area contributed by atoms with E-state index in [1.807, 2.05) is 28.5 Å². The first-order chi connectivity index (χ1) is 14.4. The first-order valence-corrected chi connectivity index (χ1v) is 11.4. The van der Waals surface area contributed by atoms with E-state index >= 15 is 0 Å². The van der Waals surface area contributed by atoms with E-state index in [-0.39, 0.29) is 17.1 Å². The van der Waals surface area contributed by atoms with Gasteiger partial charge in [-0.3, -0.25) is 9.48 Å². The van der Waals surface area contributed by atoms with Crippen molar-refractivity contribution in [3.63, 3.8) is 0 Å². The minimum absolute atomic E-state index is 0.0256. The maximum Gasteiger partial charge on any atom is 0.252 e. The van der Waals surface area contributed by atoms with E-state index in [1.54, 1.807) is 17.5 Å². The van der Waals surface area contributed by atoms with Crippen LogP contribution in [0.15, 0.2) is 30.0 Å². The Labute approximate surface area is 189 Å². The van der Waals surface area contributed by atoms with Crippen LogP contribution < -0.4 is 10.2 Å². The van der Waals surface area contributed by atoms with Gasteiger partial charge in [0.05, 0.1) is 23.6 Å². The lowest BCUT2D eigenvalue weighted by Gasteiger charge is -2.19. The number of nitrogens with one attached hydrogen (secondary N) is 1. The predicted octanol–water partition coefficient (Wildman–Crippen LogP) is 4.37. The summed E-state index contributed by atoms with van der Waals surface area (Å²) >= 11 is 13.8. The normalized spacial score (nSPS) is 16.4. The van der Waals surface area contributed by atoms with Crippen molar-refractivity contribution in [3.8, 4) is 10.4 Å². The van der Waals surface area contributed by atoms with Crippen LogP contribution in [0, 0.1) is 5.92 Å². The van der Waals surface area contributed by atoms with Crippen molar-refractivity contribution in [2.75, 3.05) is 18.0 Å². The molecule has 1 atom stereocenters. The maximum atomic E-state index is 12.7. The molecule has 30 heavy (non-hydrogen) atoms. The average molecular weight is 465 g/mol. The molecule has 1 aliphatic rings. The second-order valence-electron chi connectivity index (χ2n) is 7.78. The molecule has 10 heteroatoms. The van der Waals surface area contributed by atoms with Crippen LogP contribution >= 0.6 is 34.5 Å². The molecule has 0 saturated carbocycles. The second kappa shape index (κ2) is 8.91. The van der Waals surface area contributed by atoms with Crippen molar-refractivity contribution in [3.05, 3.63) is 45.8 Å². The number of carbonyl (C=O) groups excluding carboxylic acids is 1. The van der Waals surface area contributed by atoms with Crippen LogP contribution in [0.5, 0.6) is 0 Å². The Hall–Kier alpha value is -2.16. The summed E-state index contributed by atoms with van der Waals surface area (Å²) in [5.74, 6) is 0.457. The lowest BCUT2D eigenvalue weighted by Crippen LogP contribution is -2.37. The summed E-state index contributed by atoms with van der Waals surface area (Å²) < 4.78 is 1.94. The van der Waals surface area contributed by atoms with Crippen molar-refractivity contribution in [2.45, 2.75) is 32.9 Å². The van der Waals surface area contributed by atoms with Crippen LogP contribution in [0.4, 0.5) is 5.69 Å². The highest BCUT2D eigenvalue weighted by Gasteiger charge is 2.27. The molecule has 3 aromatic rings. The molecule has 1 saturated heterocycles. The third-order valence-corrected chi connectivity index (χ3v) is 6.64. The third-order valence-electron chi connectivity index (χ3n) is 4.93. The molecular formula is C20H22Cl2N6OS. The van der Waals surface area contributed by atoms with Gasteiger partial charge in [-0.2, -0.15) is 10.2 Å². The zero-order chi connectivity index (χ0) is 21.3. The van der Waals surface area contributed by atoms with E-state index in [0.717, 1.165) is 35.6 Å². The van der Waals surface area contributed by atoms with Crippen LogP contribution in [0.25, 0.3) is 10.4 Å². The van der Waals surface area contributed by atoms with Crippen molar-refractivity contribution in [2.24, 2.45) is 5.92 Å². The van der Waals surface area contributed by atoms with Crippen LogP contribution in [-0.4, -0.2) is 45.0 Å². The van der Waals surface area contributed by atoms with E-state index in [0.29, 0.717) is 23.0 Å². The fourth-order valence-electron chi connectivity index (χ4n) is 3.50. The van der Waals surface area contributed by atoms with Gasteiger partial charge in [0.1, 0.15) is 5.02 Å². The highest BCUT2D eigenvalue weighted by atomic mass is 35.5.